The maximum atomic E-state index is 8.58. The highest BCUT2D eigenvalue weighted by Crippen LogP contribution is 2.73. The first kappa shape index (κ1) is 13.8. The lowest BCUT2D eigenvalue weighted by molar-refractivity contribution is -0.226. The van der Waals surface area contributed by atoms with Crippen LogP contribution in [0.4, 0.5) is 0 Å². The first-order valence-corrected chi connectivity index (χ1v) is 8.01. The summed E-state index contributed by atoms with van der Waals surface area (Å²) in [6.45, 7) is 5.14. The van der Waals surface area contributed by atoms with E-state index in [1.54, 1.807) is 0 Å². The average molecular weight is 268 g/mol. The van der Waals surface area contributed by atoms with Crippen molar-refractivity contribution in [3.63, 3.8) is 0 Å². The average Bonchev–Trinajstić information content (AvgIpc) is 2.33. The quantitative estimate of drug-likeness (QED) is 0.687. The highest BCUT2D eigenvalue weighted by Gasteiger charge is 2.65. The lowest BCUT2D eigenvalue weighted by Gasteiger charge is -2.71. The Kier molecular flexibility index (Phi) is 4.16. The molecule has 2 atom stereocenters. The molecule has 0 aliphatic heterocycles. The van der Waals surface area contributed by atoms with Gasteiger partial charge in [-0.15, -0.1) is 0 Å². The first-order valence-electron chi connectivity index (χ1n) is 8.01. The Balaban J connectivity index is 1.31. The van der Waals surface area contributed by atoms with Crippen LogP contribution in [-0.2, 0) is 9.47 Å². The van der Waals surface area contributed by atoms with Crippen molar-refractivity contribution >= 4 is 0 Å². The highest BCUT2D eigenvalue weighted by molar-refractivity contribution is 5.14. The van der Waals surface area contributed by atoms with Crippen LogP contribution in [0.2, 0.25) is 0 Å². The van der Waals surface area contributed by atoms with E-state index in [-0.39, 0.29) is 6.61 Å². The number of rotatable bonds is 8. The molecule has 0 bridgehead atoms. The molecule has 110 valence electrons. The molecule has 3 nitrogen and oxygen atoms in total. The third-order valence-corrected chi connectivity index (χ3v) is 5.82. The van der Waals surface area contributed by atoms with E-state index >= 15 is 0 Å². The summed E-state index contributed by atoms with van der Waals surface area (Å²) in [6.07, 6.45) is 7.18. The van der Waals surface area contributed by atoms with Crippen LogP contribution in [0.15, 0.2) is 0 Å². The molecule has 0 radical (unpaired) electrons. The van der Waals surface area contributed by atoms with E-state index in [1.807, 2.05) is 0 Å². The Hall–Kier alpha value is -0.120. The summed E-state index contributed by atoms with van der Waals surface area (Å²) in [5.74, 6) is 4.13. The Morgan fingerprint density at radius 1 is 1.00 bits per heavy atom. The molecule has 3 rings (SSSR count). The molecule has 0 aromatic heterocycles. The minimum Gasteiger partial charge on any atom is -0.394 e. The largest absolute Gasteiger partial charge is 0.394 e. The van der Waals surface area contributed by atoms with Crippen molar-refractivity contribution in [2.24, 2.45) is 29.1 Å². The van der Waals surface area contributed by atoms with Gasteiger partial charge in [0.1, 0.15) is 0 Å². The summed E-state index contributed by atoms with van der Waals surface area (Å²) in [4.78, 5) is 0. The predicted molar refractivity (Wildman–Crippen MR) is 73.9 cm³/mol. The van der Waals surface area contributed by atoms with Gasteiger partial charge in [-0.25, -0.2) is 0 Å². The van der Waals surface area contributed by atoms with E-state index in [1.165, 1.54) is 32.1 Å². The second-order valence-corrected chi connectivity index (χ2v) is 7.09. The van der Waals surface area contributed by atoms with Gasteiger partial charge in [-0.2, -0.15) is 0 Å². The van der Waals surface area contributed by atoms with Crippen LogP contribution in [0, 0.1) is 29.1 Å². The molecule has 3 fully saturated rings. The molecule has 19 heavy (non-hydrogen) atoms. The summed E-state index contributed by atoms with van der Waals surface area (Å²) in [6, 6.07) is 0. The molecular formula is C16H28O3. The van der Waals surface area contributed by atoms with Crippen molar-refractivity contribution in [3.8, 4) is 0 Å². The molecule has 3 aliphatic rings. The summed E-state index contributed by atoms with van der Waals surface area (Å²) in [5, 5.41) is 8.58. The van der Waals surface area contributed by atoms with Crippen LogP contribution in [0.1, 0.15) is 39.0 Å². The molecule has 3 saturated carbocycles. The molecule has 0 aromatic rings. The summed E-state index contributed by atoms with van der Waals surface area (Å²) in [7, 11) is 0. The van der Waals surface area contributed by atoms with Crippen molar-refractivity contribution < 1.29 is 14.6 Å². The Bertz CT molecular complexity index is 288. The summed E-state index contributed by atoms with van der Waals surface area (Å²) in [5.41, 5.74) is 0.682. The minimum absolute atomic E-state index is 0.103. The topological polar surface area (TPSA) is 38.7 Å². The minimum atomic E-state index is 0.103. The zero-order chi connectivity index (χ0) is 13.3. The van der Waals surface area contributed by atoms with Gasteiger partial charge in [-0.3, -0.25) is 0 Å². The third kappa shape index (κ3) is 2.57. The van der Waals surface area contributed by atoms with Crippen molar-refractivity contribution in [1.29, 1.82) is 0 Å². The number of ether oxygens (including phenoxy) is 2. The number of hydrogen-bond donors (Lipinski definition) is 1. The normalized spacial score (nSPS) is 43.3. The highest BCUT2D eigenvalue weighted by atomic mass is 16.5. The van der Waals surface area contributed by atoms with Gasteiger partial charge < -0.3 is 14.6 Å². The van der Waals surface area contributed by atoms with Crippen molar-refractivity contribution in [2.75, 3.05) is 33.0 Å². The third-order valence-electron chi connectivity index (χ3n) is 5.82. The standard InChI is InChI=1S/C16H28O3/c1-12-8-13-10-16(11-14(9-12)15(13)16)2-4-18-6-7-19-5-3-17/h12-15,17H,2-11H2,1H3. The van der Waals surface area contributed by atoms with Crippen LogP contribution in [-0.4, -0.2) is 38.1 Å². The van der Waals surface area contributed by atoms with E-state index in [9.17, 15) is 0 Å². The lowest BCUT2D eigenvalue weighted by Crippen LogP contribution is -2.64. The van der Waals surface area contributed by atoms with Gasteiger partial charge in [0.25, 0.3) is 0 Å². The zero-order valence-corrected chi connectivity index (χ0v) is 12.1. The van der Waals surface area contributed by atoms with E-state index < -0.39 is 0 Å². The second kappa shape index (κ2) is 5.71. The van der Waals surface area contributed by atoms with Crippen molar-refractivity contribution in [1.82, 2.24) is 0 Å². The van der Waals surface area contributed by atoms with Crippen LogP contribution in [0.25, 0.3) is 0 Å². The predicted octanol–water partition coefficient (Wildman–Crippen LogP) is 2.47. The molecule has 0 amide bonds. The smallest absolute Gasteiger partial charge is 0.0701 e. The molecule has 0 spiro atoms. The van der Waals surface area contributed by atoms with Crippen LogP contribution >= 0.6 is 0 Å². The van der Waals surface area contributed by atoms with E-state index in [0.29, 0.717) is 25.2 Å². The van der Waals surface area contributed by atoms with Gasteiger partial charge in [0.05, 0.1) is 26.4 Å². The zero-order valence-electron chi connectivity index (χ0n) is 12.1. The summed E-state index contributed by atoms with van der Waals surface area (Å²) < 4.78 is 10.9. The molecule has 2 unspecified atom stereocenters. The first-order chi connectivity index (χ1) is 9.25. The molecule has 3 heteroatoms. The fourth-order valence-electron chi connectivity index (χ4n) is 5.34. The molecule has 0 aromatic carbocycles. The number of hydrogen-bond acceptors (Lipinski definition) is 3. The molecule has 1 N–H and O–H groups in total. The Labute approximate surface area is 116 Å². The fraction of sp³-hybridized carbons (Fsp3) is 1.00. The molecule has 3 aliphatic carbocycles. The Morgan fingerprint density at radius 2 is 1.63 bits per heavy atom. The SMILES string of the molecule is CC1CC2CC3(CCOCCOCCO)CC(C1)C23. The van der Waals surface area contributed by atoms with Crippen LogP contribution in [0.3, 0.4) is 0 Å². The van der Waals surface area contributed by atoms with Crippen molar-refractivity contribution in [2.45, 2.75) is 39.0 Å². The van der Waals surface area contributed by atoms with Crippen molar-refractivity contribution in [3.05, 3.63) is 0 Å². The lowest BCUT2D eigenvalue weighted by atomic mass is 9.34. The van der Waals surface area contributed by atoms with Gasteiger partial charge in [0.15, 0.2) is 0 Å². The van der Waals surface area contributed by atoms with Crippen LogP contribution in [0.5, 0.6) is 0 Å². The van der Waals surface area contributed by atoms with Gasteiger partial charge in [-0.05, 0) is 61.2 Å². The summed E-state index contributed by atoms with van der Waals surface area (Å²) >= 11 is 0. The Morgan fingerprint density at radius 3 is 2.26 bits per heavy atom. The fourth-order valence-corrected chi connectivity index (χ4v) is 5.34. The number of aliphatic hydroxyl groups excluding tert-OH is 1. The molecular weight excluding hydrogens is 240 g/mol. The maximum Gasteiger partial charge on any atom is 0.0701 e. The monoisotopic (exact) mass is 268 g/mol. The second-order valence-electron chi connectivity index (χ2n) is 7.09. The van der Waals surface area contributed by atoms with E-state index in [4.69, 9.17) is 14.6 Å². The van der Waals surface area contributed by atoms with Gasteiger partial charge in [-0.1, -0.05) is 6.92 Å². The van der Waals surface area contributed by atoms with Gasteiger partial charge in [0, 0.05) is 6.61 Å². The maximum absolute atomic E-state index is 8.58. The van der Waals surface area contributed by atoms with E-state index in [0.717, 1.165) is 30.3 Å². The van der Waals surface area contributed by atoms with E-state index in [2.05, 4.69) is 6.92 Å². The molecule has 0 saturated heterocycles. The van der Waals surface area contributed by atoms with Crippen LogP contribution < -0.4 is 0 Å². The molecule has 0 heterocycles. The van der Waals surface area contributed by atoms with Gasteiger partial charge >= 0.3 is 0 Å². The number of aliphatic hydroxyl groups is 1. The van der Waals surface area contributed by atoms with Gasteiger partial charge in [0.2, 0.25) is 0 Å².